The van der Waals surface area contributed by atoms with Gasteiger partial charge in [0.05, 0.1) is 11.0 Å². The number of hydrogen-bond donors (Lipinski definition) is 2. The SMILES string of the molecule is CNCc1ccc2nc(C3CCCC3)[nH]c2c1. The zero-order chi connectivity index (χ0) is 11.7. The molecule has 0 saturated heterocycles. The number of rotatable bonds is 3. The third kappa shape index (κ3) is 2.07. The van der Waals surface area contributed by atoms with Crippen LogP contribution in [0.5, 0.6) is 0 Å². The van der Waals surface area contributed by atoms with E-state index in [9.17, 15) is 0 Å². The number of H-pyrrole nitrogens is 1. The first-order valence-corrected chi connectivity index (χ1v) is 6.50. The molecule has 3 rings (SSSR count). The van der Waals surface area contributed by atoms with Gasteiger partial charge in [-0.1, -0.05) is 18.9 Å². The molecule has 0 amide bonds. The molecule has 1 aromatic carbocycles. The highest BCUT2D eigenvalue weighted by Crippen LogP contribution is 2.33. The van der Waals surface area contributed by atoms with Crippen LogP contribution >= 0.6 is 0 Å². The average Bonchev–Trinajstić information content (AvgIpc) is 2.97. The van der Waals surface area contributed by atoms with E-state index in [1.165, 1.54) is 42.6 Å². The molecule has 0 bridgehead atoms. The van der Waals surface area contributed by atoms with E-state index in [-0.39, 0.29) is 0 Å². The Kier molecular flexibility index (Phi) is 2.85. The molecule has 3 nitrogen and oxygen atoms in total. The minimum absolute atomic E-state index is 0.662. The third-order valence-electron chi connectivity index (χ3n) is 3.69. The van der Waals surface area contributed by atoms with Crippen molar-refractivity contribution >= 4 is 11.0 Å². The number of hydrogen-bond acceptors (Lipinski definition) is 2. The first kappa shape index (κ1) is 10.8. The normalized spacial score (nSPS) is 17.0. The molecule has 1 saturated carbocycles. The molecule has 1 aliphatic carbocycles. The van der Waals surface area contributed by atoms with Crippen LogP contribution in [0.15, 0.2) is 18.2 Å². The summed E-state index contributed by atoms with van der Waals surface area (Å²) in [5, 5.41) is 3.18. The molecular weight excluding hydrogens is 210 g/mol. The summed E-state index contributed by atoms with van der Waals surface area (Å²) < 4.78 is 0. The van der Waals surface area contributed by atoms with Crippen molar-refractivity contribution in [2.75, 3.05) is 7.05 Å². The fraction of sp³-hybridized carbons (Fsp3) is 0.500. The third-order valence-corrected chi connectivity index (χ3v) is 3.69. The summed E-state index contributed by atoms with van der Waals surface area (Å²) in [6, 6.07) is 6.48. The number of aromatic nitrogens is 2. The zero-order valence-corrected chi connectivity index (χ0v) is 10.3. The molecule has 90 valence electrons. The van der Waals surface area contributed by atoms with Crippen molar-refractivity contribution in [2.45, 2.75) is 38.1 Å². The van der Waals surface area contributed by atoms with Gasteiger partial charge in [-0.05, 0) is 37.6 Å². The molecule has 1 fully saturated rings. The Morgan fingerprint density at radius 1 is 1.35 bits per heavy atom. The quantitative estimate of drug-likeness (QED) is 0.849. The van der Waals surface area contributed by atoms with Gasteiger partial charge in [-0.3, -0.25) is 0 Å². The highest BCUT2D eigenvalue weighted by atomic mass is 14.9. The van der Waals surface area contributed by atoms with E-state index < -0.39 is 0 Å². The Balaban J connectivity index is 1.94. The highest BCUT2D eigenvalue weighted by Gasteiger charge is 2.20. The van der Waals surface area contributed by atoms with E-state index >= 15 is 0 Å². The molecule has 2 aromatic rings. The summed E-state index contributed by atoms with van der Waals surface area (Å²) in [6.45, 7) is 0.910. The second-order valence-electron chi connectivity index (χ2n) is 4.99. The van der Waals surface area contributed by atoms with Crippen molar-refractivity contribution in [3.05, 3.63) is 29.6 Å². The van der Waals surface area contributed by atoms with Crippen molar-refractivity contribution in [1.29, 1.82) is 0 Å². The van der Waals surface area contributed by atoms with Crippen LogP contribution in [0.1, 0.15) is 43.0 Å². The standard InChI is InChI=1S/C14H19N3/c1-15-9-10-6-7-12-13(8-10)17-14(16-12)11-4-2-3-5-11/h6-8,11,15H,2-5,9H2,1H3,(H,16,17). The van der Waals surface area contributed by atoms with Crippen LogP contribution in [0.3, 0.4) is 0 Å². The molecule has 0 unspecified atom stereocenters. The van der Waals surface area contributed by atoms with Gasteiger partial charge in [0, 0.05) is 12.5 Å². The van der Waals surface area contributed by atoms with Crippen molar-refractivity contribution in [1.82, 2.24) is 15.3 Å². The van der Waals surface area contributed by atoms with Crippen molar-refractivity contribution in [3.63, 3.8) is 0 Å². The fourth-order valence-electron chi connectivity index (χ4n) is 2.78. The Morgan fingerprint density at radius 2 is 2.18 bits per heavy atom. The van der Waals surface area contributed by atoms with Crippen LogP contribution < -0.4 is 5.32 Å². The number of nitrogens with zero attached hydrogens (tertiary/aromatic N) is 1. The lowest BCUT2D eigenvalue weighted by atomic mass is 10.1. The largest absolute Gasteiger partial charge is 0.342 e. The first-order chi connectivity index (χ1) is 8.36. The van der Waals surface area contributed by atoms with E-state index in [0.29, 0.717) is 5.92 Å². The molecule has 0 radical (unpaired) electrons. The molecule has 17 heavy (non-hydrogen) atoms. The minimum Gasteiger partial charge on any atom is -0.342 e. The summed E-state index contributed by atoms with van der Waals surface area (Å²) in [6.07, 6.45) is 5.30. The molecule has 3 heteroatoms. The zero-order valence-electron chi connectivity index (χ0n) is 10.3. The lowest BCUT2D eigenvalue weighted by molar-refractivity contribution is 0.681. The summed E-state index contributed by atoms with van der Waals surface area (Å²) in [4.78, 5) is 8.22. The molecule has 0 spiro atoms. The maximum absolute atomic E-state index is 4.72. The van der Waals surface area contributed by atoms with Gasteiger partial charge in [0.1, 0.15) is 5.82 Å². The van der Waals surface area contributed by atoms with Crippen LogP contribution in [0.2, 0.25) is 0 Å². The van der Waals surface area contributed by atoms with E-state index in [1.807, 2.05) is 7.05 Å². The van der Waals surface area contributed by atoms with E-state index in [4.69, 9.17) is 4.98 Å². The van der Waals surface area contributed by atoms with Crippen molar-refractivity contribution < 1.29 is 0 Å². The van der Waals surface area contributed by atoms with Crippen molar-refractivity contribution in [3.8, 4) is 0 Å². The van der Waals surface area contributed by atoms with E-state index in [2.05, 4.69) is 28.5 Å². The van der Waals surface area contributed by atoms with Crippen molar-refractivity contribution in [2.24, 2.45) is 0 Å². The average molecular weight is 229 g/mol. The fourth-order valence-corrected chi connectivity index (χ4v) is 2.78. The van der Waals surface area contributed by atoms with Crippen LogP contribution in [0.25, 0.3) is 11.0 Å². The summed E-state index contributed by atoms with van der Waals surface area (Å²) >= 11 is 0. The molecule has 0 atom stereocenters. The highest BCUT2D eigenvalue weighted by molar-refractivity contribution is 5.76. The topological polar surface area (TPSA) is 40.7 Å². The summed E-state index contributed by atoms with van der Waals surface area (Å²) in [5.74, 6) is 1.86. The van der Waals surface area contributed by atoms with Gasteiger partial charge in [0.2, 0.25) is 0 Å². The maximum Gasteiger partial charge on any atom is 0.110 e. The molecule has 2 N–H and O–H groups in total. The summed E-state index contributed by atoms with van der Waals surface area (Å²) in [7, 11) is 1.97. The molecule has 0 aliphatic heterocycles. The summed E-state index contributed by atoms with van der Waals surface area (Å²) in [5.41, 5.74) is 3.59. The second kappa shape index (κ2) is 4.49. The Labute approximate surface area is 102 Å². The number of aromatic amines is 1. The van der Waals surface area contributed by atoms with Crippen LogP contribution in [-0.2, 0) is 6.54 Å². The maximum atomic E-state index is 4.72. The van der Waals surface area contributed by atoms with Crippen LogP contribution in [-0.4, -0.2) is 17.0 Å². The second-order valence-corrected chi connectivity index (χ2v) is 4.99. The van der Waals surface area contributed by atoms with Crippen LogP contribution in [0.4, 0.5) is 0 Å². The first-order valence-electron chi connectivity index (χ1n) is 6.50. The molecule has 1 aliphatic rings. The Morgan fingerprint density at radius 3 is 2.94 bits per heavy atom. The van der Waals surface area contributed by atoms with Gasteiger partial charge < -0.3 is 10.3 Å². The number of fused-ring (bicyclic) bond motifs is 1. The lowest BCUT2D eigenvalue weighted by Crippen LogP contribution is -2.04. The minimum atomic E-state index is 0.662. The van der Waals surface area contributed by atoms with Crippen LogP contribution in [0, 0.1) is 0 Å². The van der Waals surface area contributed by atoms with Gasteiger partial charge in [-0.25, -0.2) is 4.98 Å². The molecular formula is C14H19N3. The van der Waals surface area contributed by atoms with Gasteiger partial charge in [0.25, 0.3) is 0 Å². The predicted molar refractivity (Wildman–Crippen MR) is 70.1 cm³/mol. The number of imidazole rings is 1. The smallest absolute Gasteiger partial charge is 0.110 e. The monoisotopic (exact) mass is 229 g/mol. The van der Waals surface area contributed by atoms with Gasteiger partial charge in [0.15, 0.2) is 0 Å². The van der Waals surface area contributed by atoms with E-state index in [0.717, 1.165) is 12.1 Å². The van der Waals surface area contributed by atoms with E-state index in [1.54, 1.807) is 0 Å². The Hall–Kier alpha value is -1.35. The van der Waals surface area contributed by atoms with Gasteiger partial charge in [-0.2, -0.15) is 0 Å². The lowest BCUT2D eigenvalue weighted by Gasteiger charge is -2.02. The van der Waals surface area contributed by atoms with Gasteiger partial charge >= 0.3 is 0 Å². The number of benzene rings is 1. The molecule has 1 aromatic heterocycles. The predicted octanol–water partition coefficient (Wildman–Crippen LogP) is 2.94. The Bertz CT molecular complexity index is 509. The van der Waals surface area contributed by atoms with Gasteiger partial charge in [-0.15, -0.1) is 0 Å². The number of nitrogens with one attached hydrogen (secondary N) is 2. The molecule has 1 heterocycles.